The second kappa shape index (κ2) is 9.63. The minimum Gasteiger partial charge on any atom is -0.350 e. The van der Waals surface area contributed by atoms with Gasteiger partial charge in [-0.2, -0.15) is 0 Å². The van der Waals surface area contributed by atoms with E-state index in [1.54, 1.807) is 4.90 Å². The summed E-state index contributed by atoms with van der Waals surface area (Å²) in [6, 6.07) is -0.648. The van der Waals surface area contributed by atoms with Gasteiger partial charge in [-0.3, -0.25) is 14.4 Å². The van der Waals surface area contributed by atoms with Crippen LogP contribution in [0.3, 0.4) is 0 Å². The lowest BCUT2D eigenvalue weighted by molar-refractivity contribution is -0.130. The quantitative estimate of drug-likeness (QED) is 0.616. The second-order valence-corrected chi connectivity index (χ2v) is 5.73. The lowest BCUT2D eigenvalue weighted by Gasteiger charge is -2.17. The lowest BCUT2D eigenvalue weighted by atomic mass is 10.1. The van der Waals surface area contributed by atoms with Gasteiger partial charge in [-0.15, -0.1) is 12.4 Å². The minimum atomic E-state index is -0.609. The van der Waals surface area contributed by atoms with E-state index in [-0.39, 0.29) is 48.6 Å². The number of nitrogens with zero attached hydrogens (tertiary/aromatic N) is 1. The van der Waals surface area contributed by atoms with Gasteiger partial charge in [-0.25, -0.2) is 0 Å². The Bertz CT molecular complexity index is 404. The van der Waals surface area contributed by atoms with Crippen LogP contribution in [0.5, 0.6) is 0 Å². The molecule has 4 N–H and O–H groups in total. The maximum absolute atomic E-state index is 11.8. The zero-order valence-electron chi connectivity index (χ0n) is 13.4. The maximum Gasteiger partial charge on any atom is 0.239 e. The van der Waals surface area contributed by atoms with Gasteiger partial charge in [0.05, 0.1) is 12.6 Å². The molecule has 0 aromatic heterocycles. The molecule has 7 nitrogen and oxygen atoms in total. The third kappa shape index (κ3) is 6.19. The molecule has 128 valence electrons. The molecule has 1 saturated heterocycles. The van der Waals surface area contributed by atoms with E-state index in [1.807, 2.05) is 20.8 Å². The van der Waals surface area contributed by atoms with Crippen molar-refractivity contribution in [1.82, 2.24) is 15.5 Å². The van der Waals surface area contributed by atoms with Crippen molar-refractivity contribution in [3.05, 3.63) is 0 Å². The highest BCUT2D eigenvalue weighted by molar-refractivity contribution is 5.87. The topological polar surface area (TPSA) is 105 Å². The van der Waals surface area contributed by atoms with E-state index in [4.69, 9.17) is 5.73 Å². The van der Waals surface area contributed by atoms with Crippen molar-refractivity contribution < 1.29 is 14.4 Å². The normalized spacial score (nSPS) is 18.6. The van der Waals surface area contributed by atoms with Crippen LogP contribution in [0.4, 0.5) is 0 Å². The molecule has 0 bridgehead atoms. The molecule has 1 fully saturated rings. The molecule has 0 spiro atoms. The lowest BCUT2D eigenvalue weighted by Crippen LogP contribution is -2.48. The van der Waals surface area contributed by atoms with Crippen LogP contribution in [0.15, 0.2) is 0 Å². The van der Waals surface area contributed by atoms with Crippen molar-refractivity contribution in [3.63, 3.8) is 0 Å². The Labute approximate surface area is 137 Å². The molecule has 1 heterocycles. The number of nitrogens with two attached hydrogens (primary N) is 1. The molecule has 8 heteroatoms. The molecular weight excluding hydrogens is 308 g/mol. The maximum atomic E-state index is 11.8. The Morgan fingerprint density at radius 1 is 1.32 bits per heavy atom. The number of carbonyl (C=O) groups is 3. The first-order valence-corrected chi connectivity index (χ1v) is 7.45. The summed E-state index contributed by atoms with van der Waals surface area (Å²) in [6.45, 7) is 6.64. The summed E-state index contributed by atoms with van der Waals surface area (Å²) in [7, 11) is 0. The number of carbonyl (C=O) groups excluding carboxylic acids is 3. The molecule has 0 aromatic rings. The monoisotopic (exact) mass is 334 g/mol. The summed E-state index contributed by atoms with van der Waals surface area (Å²) >= 11 is 0. The number of halogens is 1. The molecule has 0 radical (unpaired) electrons. The number of nitrogens with one attached hydrogen (secondary N) is 2. The van der Waals surface area contributed by atoms with E-state index in [2.05, 4.69) is 10.6 Å². The van der Waals surface area contributed by atoms with Crippen LogP contribution < -0.4 is 16.4 Å². The highest BCUT2D eigenvalue weighted by Gasteiger charge is 2.26. The number of rotatable bonds is 6. The van der Waals surface area contributed by atoms with Crippen LogP contribution in [-0.4, -0.2) is 54.3 Å². The van der Waals surface area contributed by atoms with Crippen LogP contribution >= 0.6 is 12.4 Å². The summed E-state index contributed by atoms with van der Waals surface area (Å²) in [5.41, 5.74) is 5.69. The van der Waals surface area contributed by atoms with Gasteiger partial charge in [0.15, 0.2) is 0 Å². The third-order valence-corrected chi connectivity index (χ3v) is 3.65. The fraction of sp³-hybridized carbons (Fsp3) is 0.786. The van der Waals surface area contributed by atoms with Crippen LogP contribution in [0.25, 0.3) is 0 Å². The first kappa shape index (κ1) is 20.7. The summed E-state index contributed by atoms with van der Waals surface area (Å²) in [5, 5.41) is 5.35. The average molecular weight is 335 g/mol. The van der Waals surface area contributed by atoms with Gasteiger partial charge in [-0.1, -0.05) is 20.8 Å². The van der Waals surface area contributed by atoms with Gasteiger partial charge in [0, 0.05) is 25.6 Å². The van der Waals surface area contributed by atoms with Crippen molar-refractivity contribution in [2.75, 3.05) is 19.6 Å². The molecule has 22 heavy (non-hydrogen) atoms. The Morgan fingerprint density at radius 3 is 2.50 bits per heavy atom. The zero-order chi connectivity index (χ0) is 16.0. The van der Waals surface area contributed by atoms with Crippen LogP contribution in [-0.2, 0) is 14.4 Å². The van der Waals surface area contributed by atoms with Crippen molar-refractivity contribution in [2.24, 2.45) is 11.7 Å². The van der Waals surface area contributed by atoms with Gasteiger partial charge >= 0.3 is 0 Å². The molecule has 0 aromatic carbocycles. The van der Waals surface area contributed by atoms with Crippen molar-refractivity contribution in [2.45, 2.75) is 45.7 Å². The standard InChI is InChI=1S/C14H26N4O3.ClH/c1-4-12(20)18-6-5-10(8-18)17-11(19)7-16-14(21)13(15)9(2)3;/h9-10,13H,4-8,15H2,1-3H3,(H,16,21)(H,17,19);1H/t10?,13-;/m0./s1. The molecule has 3 amide bonds. The Kier molecular flexibility index (Phi) is 9.04. The van der Waals surface area contributed by atoms with Crippen LogP contribution in [0.1, 0.15) is 33.6 Å². The fourth-order valence-corrected chi connectivity index (χ4v) is 2.19. The van der Waals surface area contributed by atoms with Crippen molar-refractivity contribution >= 4 is 30.1 Å². The molecule has 1 aliphatic rings. The van der Waals surface area contributed by atoms with E-state index in [0.29, 0.717) is 19.5 Å². The molecule has 2 atom stereocenters. The minimum absolute atomic E-state index is 0. The van der Waals surface area contributed by atoms with Crippen LogP contribution in [0.2, 0.25) is 0 Å². The number of amides is 3. The van der Waals surface area contributed by atoms with Gasteiger partial charge in [0.25, 0.3) is 0 Å². The Balaban J connectivity index is 0.00000441. The number of hydrogen-bond acceptors (Lipinski definition) is 4. The number of hydrogen-bond donors (Lipinski definition) is 3. The first-order valence-electron chi connectivity index (χ1n) is 7.45. The molecule has 0 saturated carbocycles. The van der Waals surface area contributed by atoms with E-state index < -0.39 is 6.04 Å². The number of likely N-dealkylation sites (tertiary alicyclic amines) is 1. The van der Waals surface area contributed by atoms with Crippen molar-refractivity contribution in [1.29, 1.82) is 0 Å². The summed E-state index contributed by atoms with van der Waals surface area (Å²) < 4.78 is 0. The molecule has 1 rings (SSSR count). The smallest absolute Gasteiger partial charge is 0.239 e. The molecule has 1 unspecified atom stereocenters. The van der Waals surface area contributed by atoms with Gasteiger partial charge in [0.2, 0.25) is 17.7 Å². The van der Waals surface area contributed by atoms with Gasteiger partial charge in [-0.05, 0) is 12.3 Å². The van der Waals surface area contributed by atoms with Crippen molar-refractivity contribution in [3.8, 4) is 0 Å². The van der Waals surface area contributed by atoms with Gasteiger partial charge < -0.3 is 21.3 Å². The third-order valence-electron chi connectivity index (χ3n) is 3.65. The predicted molar refractivity (Wildman–Crippen MR) is 86.5 cm³/mol. The van der Waals surface area contributed by atoms with E-state index in [1.165, 1.54) is 0 Å². The largest absolute Gasteiger partial charge is 0.350 e. The van der Waals surface area contributed by atoms with E-state index in [0.717, 1.165) is 6.42 Å². The zero-order valence-corrected chi connectivity index (χ0v) is 14.2. The van der Waals surface area contributed by atoms with Gasteiger partial charge in [0.1, 0.15) is 0 Å². The van der Waals surface area contributed by atoms with E-state index in [9.17, 15) is 14.4 Å². The average Bonchev–Trinajstić information content (AvgIpc) is 2.91. The van der Waals surface area contributed by atoms with Crippen LogP contribution in [0, 0.1) is 5.92 Å². The highest BCUT2D eigenvalue weighted by atomic mass is 35.5. The summed E-state index contributed by atoms with van der Waals surface area (Å²) in [4.78, 5) is 36.7. The molecule has 0 aliphatic carbocycles. The molecular formula is C14H27ClN4O3. The first-order chi connectivity index (χ1) is 9.85. The predicted octanol–water partition coefficient (Wildman–Crippen LogP) is -0.365. The SMILES string of the molecule is CCC(=O)N1CCC(NC(=O)CNC(=O)[C@@H](N)C(C)C)C1.Cl. The summed E-state index contributed by atoms with van der Waals surface area (Å²) in [6.07, 6.45) is 1.22. The Hall–Kier alpha value is -1.34. The molecule has 1 aliphatic heterocycles. The highest BCUT2D eigenvalue weighted by Crippen LogP contribution is 2.10. The fourth-order valence-electron chi connectivity index (χ4n) is 2.19. The summed E-state index contributed by atoms with van der Waals surface area (Å²) in [5.74, 6) is -0.455. The second-order valence-electron chi connectivity index (χ2n) is 5.73. The van der Waals surface area contributed by atoms with E-state index >= 15 is 0 Å². The Morgan fingerprint density at radius 2 is 1.95 bits per heavy atom.